The average Bonchev–Trinajstić information content (AvgIpc) is 2.71. The normalized spacial score (nSPS) is 12.2. The van der Waals surface area contributed by atoms with Crippen molar-refractivity contribution in [2.24, 2.45) is 0 Å². The highest BCUT2D eigenvalue weighted by atomic mass is 19.4. The molecule has 0 atom stereocenters. The first-order valence-electron chi connectivity index (χ1n) is 5.92. The second-order valence-corrected chi connectivity index (χ2v) is 4.23. The fraction of sp³-hybridized carbons (Fsp3) is 0.385. The fourth-order valence-electron chi connectivity index (χ4n) is 2.02. The number of alkyl halides is 3. The van der Waals surface area contributed by atoms with E-state index in [-0.39, 0.29) is 13.2 Å². The predicted molar refractivity (Wildman–Crippen MR) is 66.7 cm³/mol. The Morgan fingerprint density at radius 2 is 2.05 bits per heavy atom. The molecule has 2 aromatic rings. The number of aromatic nitrogens is 1. The predicted octanol–water partition coefficient (Wildman–Crippen LogP) is 2.90. The summed E-state index contributed by atoms with van der Waals surface area (Å²) in [5, 5.41) is 4.07. The first-order valence-corrected chi connectivity index (χ1v) is 5.92. The molecule has 0 unspecified atom stereocenters. The summed E-state index contributed by atoms with van der Waals surface area (Å²) in [4.78, 5) is 0. The Labute approximate surface area is 109 Å². The van der Waals surface area contributed by atoms with Crippen molar-refractivity contribution in [3.8, 4) is 0 Å². The smallest absolute Gasteiger partial charge is 0.345 e. The average molecular weight is 272 g/mol. The van der Waals surface area contributed by atoms with Crippen LogP contribution in [-0.4, -0.2) is 24.6 Å². The molecule has 0 aliphatic rings. The lowest BCUT2D eigenvalue weighted by Gasteiger charge is -2.09. The van der Waals surface area contributed by atoms with Crippen molar-refractivity contribution in [2.75, 3.05) is 13.7 Å². The number of ether oxygens (including phenoxy) is 1. The van der Waals surface area contributed by atoms with Gasteiger partial charge in [0.05, 0.1) is 6.61 Å². The molecule has 0 saturated heterocycles. The zero-order valence-electron chi connectivity index (χ0n) is 10.5. The van der Waals surface area contributed by atoms with E-state index in [9.17, 15) is 13.2 Å². The summed E-state index contributed by atoms with van der Waals surface area (Å²) < 4.78 is 41.2. The summed E-state index contributed by atoms with van der Waals surface area (Å²) in [5.74, 6) is 0. The van der Waals surface area contributed by atoms with Gasteiger partial charge in [-0.25, -0.2) is 0 Å². The number of fused-ring (bicyclic) bond motifs is 1. The van der Waals surface area contributed by atoms with Crippen LogP contribution < -0.4 is 5.32 Å². The molecule has 19 heavy (non-hydrogen) atoms. The molecule has 1 N–H and O–H groups in total. The zero-order chi connectivity index (χ0) is 13.9. The van der Waals surface area contributed by atoms with Crippen LogP contribution in [0.2, 0.25) is 0 Å². The van der Waals surface area contributed by atoms with Gasteiger partial charge < -0.3 is 9.88 Å². The quantitative estimate of drug-likeness (QED) is 0.905. The first-order chi connectivity index (χ1) is 8.99. The number of nitrogens with zero attached hydrogens (tertiary/aromatic N) is 1. The Kier molecular flexibility index (Phi) is 4.11. The number of benzene rings is 1. The monoisotopic (exact) mass is 272 g/mol. The van der Waals surface area contributed by atoms with Gasteiger partial charge in [-0.15, -0.1) is 13.2 Å². The molecule has 1 heterocycles. The maximum Gasteiger partial charge on any atom is 0.522 e. The topological polar surface area (TPSA) is 26.2 Å². The van der Waals surface area contributed by atoms with Gasteiger partial charge in [0.1, 0.15) is 0 Å². The summed E-state index contributed by atoms with van der Waals surface area (Å²) in [5.41, 5.74) is 2.05. The van der Waals surface area contributed by atoms with Gasteiger partial charge in [-0.2, -0.15) is 0 Å². The van der Waals surface area contributed by atoms with Crippen LogP contribution in [0.5, 0.6) is 0 Å². The molecular weight excluding hydrogens is 257 g/mol. The molecule has 0 amide bonds. The van der Waals surface area contributed by atoms with E-state index in [0.717, 1.165) is 23.0 Å². The van der Waals surface area contributed by atoms with Crippen molar-refractivity contribution in [1.82, 2.24) is 9.88 Å². The number of halogens is 3. The third-order valence-corrected chi connectivity index (χ3v) is 2.81. The van der Waals surface area contributed by atoms with E-state index in [2.05, 4.69) is 10.1 Å². The van der Waals surface area contributed by atoms with Crippen LogP contribution >= 0.6 is 0 Å². The largest absolute Gasteiger partial charge is 0.522 e. The molecule has 0 radical (unpaired) electrons. The Hall–Kier alpha value is -1.53. The molecule has 104 valence electrons. The highest BCUT2D eigenvalue weighted by molar-refractivity contribution is 5.80. The summed E-state index contributed by atoms with van der Waals surface area (Å²) >= 11 is 0. The van der Waals surface area contributed by atoms with E-state index >= 15 is 0 Å². The van der Waals surface area contributed by atoms with E-state index in [1.54, 1.807) is 10.8 Å². The maximum atomic E-state index is 11.9. The molecule has 0 fully saturated rings. The Morgan fingerprint density at radius 3 is 2.74 bits per heavy atom. The standard InChI is InChI=1S/C13H15F3N2O/c1-17-9-10-2-3-12-11(8-10)4-5-18(12)6-7-19-13(14,15)16/h2-5,8,17H,6-7,9H2,1H3. The van der Waals surface area contributed by atoms with Gasteiger partial charge in [0.15, 0.2) is 0 Å². The SMILES string of the molecule is CNCc1ccc2c(ccn2CCOC(F)(F)F)c1. The van der Waals surface area contributed by atoms with Crippen LogP contribution in [0.25, 0.3) is 10.9 Å². The summed E-state index contributed by atoms with van der Waals surface area (Å²) in [6, 6.07) is 7.78. The van der Waals surface area contributed by atoms with Crippen molar-refractivity contribution < 1.29 is 17.9 Å². The second-order valence-electron chi connectivity index (χ2n) is 4.23. The number of hydrogen-bond donors (Lipinski definition) is 1. The fourth-order valence-corrected chi connectivity index (χ4v) is 2.02. The van der Waals surface area contributed by atoms with Gasteiger partial charge in [0, 0.05) is 24.8 Å². The second kappa shape index (κ2) is 5.63. The molecule has 0 spiro atoms. The minimum atomic E-state index is -4.57. The van der Waals surface area contributed by atoms with Crippen molar-refractivity contribution in [3.05, 3.63) is 36.0 Å². The van der Waals surface area contributed by atoms with Crippen LogP contribution in [0.1, 0.15) is 5.56 Å². The summed E-state index contributed by atoms with van der Waals surface area (Å²) in [6.45, 7) is 0.554. The lowest BCUT2D eigenvalue weighted by atomic mass is 10.1. The minimum Gasteiger partial charge on any atom is -0.345 e. The maximum absolute atomic E-state index is 11.9. The molecule has 0 bridgehead atoms. The van der Waals surface area contributed by atoms with Crippen molar-refractivity contribution >= 4 is 10.9 Å². The number of nitrogens with one attached hydrogen (secondary N) is 1. The molecule has 0 aliphatic carbocycles. The van der Waals surface area contributed by atoms with Crippen molar-refractivity contribution in [3.63, 3.8) is 0 Å². The Bertz CT molecular complexity index is 548. The van der Waals surface area contributed by atoms with E-state index in [1.165, 1.54) is 0 Å². The summed E-state index contributed by atoms with van der Waals surface area (Å²) in [6.07, 6.45) is -2.80. The van der Waals surface area contributed by atoms with Gasteiger partial charge in [0.25, 0.3) is 0 Å². The molecule has 1 aromatic carbocycles. The third-order valence-electron chi connectivity index (χ3n) is 2.81. The van der Waals surface area contributed by atoms with Crippen LogP contribution in [0, 0.1) is 0 Å². The van der Waals surface area contributed by atoms with Crippen LogP contribution in [0.15, 0.2) is 30.5 Å². The molecule has 0 saturated carbocycles. The van der Waals surface area contributed by atoms with Crippen LogP contribution in [-0.2, 0) is 17.8 Å². The lowest BCUT2D eigenvalue weighted by molar-refractivity contribution is -0.325. The van der Waals surface area contributed by atoms with Crippen molar-refractivity contribution in [2.45, 2.75) is 19.5 Å². The van der Waals surface area contributed by atoms with E-state index in [0.29, 0.717) is 0 Å². The van der Waals surface area contributed by atoms with E-state index < -0.39 is 6.36 Å². The summed E-state index contributed by atoms with van der Waals surface area (Å²) in [7, 11) is 1.86. The minimum absolute atomic E-state index is 0.175. The van der Waals surface area contributed by atoms with Crippen molar-refractivity contribution in [1.29, 1.82) is 0 Å². The molecular formula is C13H15F3N2O. The third kappa shape index (κ3) is 3.71. The van der Waals surface area contributed by atoms with Crippen LogP contribution in [0.4, 0.5) is 13.2 Å². The highest BCUT2D eigenvalue weighted by Crippen LogP contribution is 2.19. The zero-order valence-corrected chi connectivity index (χ0v) is 10.5. The van der Waals surface area contributed by atoms with Gasteiger partial charge in [-0.1, -0.05) is 6.07 Å². The Balaban J connectivity index is 2.08. The molecule has 0 aliphatic heterocycles. The van der Waals surface area contributed by atoms with Gasteiger partial charge in [-0.3, -0.25) is 4.74 Å². The number of hydrogen-bond acceptors (Lipinski definition) is 2. The van der Waals surface area contributed by atoms with E-state index in [1.807, 2.05) is 31.3 Å². The lowest BCUT2D eigenvalue weighted by Crippen LogP contribution is -2.17. The molecule has 1 aromatic heterocycles. The Morgan fingerprint density at radius 1 is 1.26 bits per heavy atom. The number of rotatable bonds is 5. The first kappa shape index (κ1) is 13.9. The molecule has 6 heteroatoms. The van der Waals surface area contributed by atoms with Crippen LogP contribution in [0.3, 0.4) is 0 Å². The highest BCUT2D eigenvalue weighted by Gasteiger charge is 2.28. The van der Waals surface area contributed by atoms with Gasteiger partial charge >= 0.3 is 6.36 Å². The van der Waals surface area contributed by atoms with E-state index in [4.69, 9.17) is 0 Å². The van der Waals surface area contributed by atoms with Gasteiger partial charge in [0.2, 0.25) is 0 Å². The molecule has 3 nitrogen and oxygen atoms in total. The molecule has 2 rings (SSSR count). The van der Waals surface area contributed by atoms with Gasteiger partial charge in [-0.05, 0) is 36.2 Å².